The Hall–Kier alpha value is -2.00. The van der Waals surface area contributed by atoms with Crippen LogP contribution in [-0.4, -0.2) is 12.6 Å². The van der Waals surface area contributed by atoms with Crippen LogP contribution in [0.4, 0.5) is 23.5 Å². The summed E-state index contributed by atoms with van der Waals surface area (Å²) in [5, 5.41) is 0.558. The summed E-state index contributed by atoms with van der Waals surface area (Å²) in [5.41, 5.74) is 0.481. The molecule has 0 fully saturated rings. The fourth-order valence-corrected chi connectivity index (χ4v) is 3.00. The zero-order valence-corrected chi connectivity index (χ0v) is 18.0. The van der Waals surface area contributed by atoms with Crippen LogP contribution in [0.2, 0.25) is 5.02 Å². The van der Waals surface area contributed by atoms with Crippen LogP contribution in [0.1, 0.15) is 49.4 Å². The molecule has 174 valence electrons. The smallest absolute Gasteiger partial charge is 0.350 e. The molecule has 10 heteroatoms. The van der Waals surface area contributed by atoms with Gasteiger partial charge in [-0.2, -0.15) is 0 Å². The molecule has 0 aliphatic rings. The van der Waals surface area contributed by atoms with Crippen molar-refractivity contribution in [3.8, 4) is 5.75 Å². The predicted molar refractivity (Wildman–Crippen MR) is 116 cm³/mol. The van der Waals surface area contributed by atoms with Gasteiger partial charge in [-0.25, -0.2) is 4.79 Å². The van der Waals surface area contributed by atoms with Crippen LogP contribution in [0.5, 0.6) is 5.75 Å². The van der Waals surface area contributed by atoms with E-state index in [0.717, 1.165) is 24.2 Å². The number of rotatable bonds is 10. The molecule has 0 radical (unpaired) electrons. The predicted octanol–water partition coefficient (Wildman–Crippen LogP) is 7.32. The maximum Gasteiger partial charge on any atom is 0.350 e. The largest absolute Gasteiger partial charge is 0.494 e. The molecule has 0 saturated carbocycles. The van der Waals surface area contributed by atoms with E-state index in [1.165, 1.54) is 25.7 Å². The van der Waals surface area contributed by atoms with Crippen molar-refractivity contribution < 1.29 is 37.2 Å². The molecule has 30 heavy (non-hydrogen) atoms. The van der Waals surface area contributed by atoms with Gasteiger partial charge in [-0.05, 0) is 42.8 Å². The van der Waals surface area contributed by atoms with Crippen LogP contribution in [0.15, 0.2) is 53.4 Å². The van der Waals surface area contributed by atoms with Crippen molar-refractivity contribution in [2.24, 2.45) is 0 Å². The molecule has 0 bridgehead atoms. The third-order valence-corrected chi connectivity index (χ3v) is 4.86. The van der Waals surface area contributed by atoms with Crippen molar-refractivity contribution in [1.29, 1.82) is 0 Å². The van der Waals surface area contributed by atoms with Crippen molar-refractivity contribution in [2.45, 2.75) is 43.9 Å². The van der Waals surface area contributed by atoms with Gasteiger partial charge in [-0.3, -0.25) is 23.5 Å². The lowest BCUT2D eigenvalue weighted by atomic mass is 10.2. The van der Waals surface area contributed by atoms with E-state index < -0.39 is 5.97 Å². The molecule has 0 aliphatic heterocycles. The van der Waals surface area contributed by atoms with E-state index in [4.69, 9.17) is 20.5 Å². The zero-order valence-electron chi connectivity index (χ0n) is 16.4. The van der Waals surface area contributed by atoms with E-state index in [1.54, 1.807) is 36.4 Å². The monoisotopic (exact) mass is 478 g/mol. The minimum Gasteiger partial charge on any atom is -0.494 e. The lowest BCUT2D eigenvalue weighted by molar-refractivity contribution is 0.0768. The van der Waals surface area contributed by atoms with Crippen molar-refractivity contribution in [2.75, 3.05) is 6.61 Å². The highest BCUT2D eigenvalue weighted by atomic mass is 35.5. The zero-order chi connectivity index (χ0) is 17.9. The van der Waals surface area contributed by atoms with Gasteiger partial charge in [0.15, 0.2) is 0 Å². The Kier molecular flexibility index (Phi) is 24.0. The van der Waals surface area contributed by atoms with Gasteiger partial charge in [0.2, 0.25) is 0 Å². The lowest BCUT2D eigenvalue weighted by Crippen LogP contribution is -2.01. The topological polar surface area (TPSA) is 35.5 Å². The van der Waals surface area contributed by atoms with Gasteiger partial charge in [0, 0.05) is 0 Å². The molecule has 0 atom stereocenters. The molecule has 0 saturated heterocycles. The van der Waals surface area contributed by atoms with Gasteiger partial charge < -0.3 is 8.92 Å². The third kappa shape index (κ3) is 12.5. The first kappa shape index (κ1) is 35.4. The van der Waals surface area contributed by atoms with Crippen molar-refractivity contribution in [1.82, 2.24) is 0 Å². The molecule has 2 rings (SSSR count). The number of ether oxygens (including phenoxy) is 1. The van der Waals surface area contributed by atoms with E-state index in [1.807, 2.05) is 12.1 Å². The van der Waals surface area contributed by atoms with Crippen LogP contribution in [0.3, 0.4) is 0 Å². The lowest BCUT2D eigenvalue weighted by Gasteiger charge is -2.07. The fraction of sp³-hybridized carbons (Fsp3) is 0.350. The Morgan fingerprint density at radius 1 is 0.867 bits per heavy atom. The second kappa shape index (κ2) is 20.3. The second-order valence-electron chi connectivity index (χ2n) is 5.67. The molecule has 0 spiro atoms. The Morgan fingerprint density at radius 2 is 1.47 bits per heavy atom. The summed E-state index contributed by atoms with van der Waals surface area (Å²) >= 11 is 7.00. The minimum atomic E-state index is -0.406. The summed E-state index contributed by atoms with van der Waals surface area (Å²) in [6.07, 6.45) is 6.03. The molecule has 0 amide bonds. The van der Waals surface area contributed by atoms with Crippen LogP contribution >= 0.6 is 23.6 Å². The number of benzene rings is 2. The Bertz CT molecular complexity index is 678. The summed E-state index contributed by atoms with van der Waals surface area (Å²) < 4.78 is 10.9. The van der Waals surface area contributed by atoms with Gasteiger partial charge in [0.1, 0.15) is 5.75 Å². The molecule has 0 heterocycles. The van der Waals surface area contributed by atoms with E-state index in [0.29, 0.717) is 22.1 Å². The van der Waals surface area contributed by atoms with E-state index in [9.17, 15) is 4.79 Å². The Labute approximate surface area is 182 Å². The van der Waals surface area contributed by atoms with Gasteiger partial charge in [0.25, 0.3) is 0 Å². The van der Waals surface area contributed by atoms with Crippen LogP contribution < -0.4 is 4.74 Å². The molecule has 0 N–H and O–H groups in total. The quantitative estimate of drug-likeness (QED) is 0.204. The van der Waals surface area contributed by atoms with Gasteiger partial charge in [-0.15, -0.1) is 0 Å². The van der Waals surface area contributed by atoms with Crippen LogP contribution in [0.25, 0.3) is 0 Å². The third-order valence-electron chi connectivity index (χ3n) is 3.65. The molecule has 0 unspecified atom stereocenters. The summed E-state index contributed by atoms with van der Waals surface area (Å²) in [7, 11) is 0. The van der Waals surface area contributed by atoms with Crippen molar-refractivity contribution in [3.63, 3.8) is 0 Å². The number of hydrogen-bond donors (Lipinski definition) is 0. The number of unbranched alkanes of at least 4 members (excludes halogenated alkanes) is 4. The summed E-state index contributed by atoms with van der Waals surface area (Å²) in [6.45, 7) is 2.91. The normalized spacial score (nSPS) is 8.73. The summed E-state index contributed by atoms with van der Waals surface area (Å²) in [5.74, 6) is 0.363. The van der Waals surface area contributed by atoms with Crippen molar-refractivity contribution in [3.05, 3.63) is 59.1 Å². The average Bonchev–Trinajstić information content (AvgIpc) is 2.64. The number of hydrogen-bond acceptors (Lipinski definition) is 4. The first-order valence-electron chi connectivity index (χ1n) is 8.57. The number of halogens is 6. The fourth-order valence-electron chi connectivity index (χ4n) is 2.23. The first-order chi connectivity index (χ1) is 12.2. The highest BCUT2D eigenvalue weighted by Gasteiger charge is 2.10. The molecule has 0 aromatic heterocycles. The molecule has 0 aliphatic carbocycles. The Balaban J connectivity index is -0.000000676. The summed E-state index contributed by atoms with van der Waals surface area (Å²) in [4.78, 5) is 12.8. The van der Waals surface area contributed by atoms with E-state index in [2.05, 4.69) is 6.92 Å². The molecule has 3 nitrogen and oxygen atoms in total. The average molecular weight is 479 g/mol. The minimum absolute atomic E-state index is 0. The van der Waals surface area contributed by atoms with Crippen LogP contribution in [-0.2, 0) is 4.18 Å². The Morgan fingerprint density at radius 3 is 2.07 bits per heavy atom. The molecule has 2 aromatic rings. The molecular weight excluding hydrogens is 451 g/mol. The van der Waals surface area contributed by atoms with Crippen LogP contribution in [0, 0.1) is 0 Å². The van der Waals surface area contributed by atoms with E-state index in [-0.39, 0.29) is 23.5 Å². The summed E-state index contributed by atoms with van der Waals surface area (Å²) in [6, 6.07) is 14.2. The number of carbonyl (C=O) groups is 1. The molecular formula is C20H28ClF5O3S. The molecule has 2 aromatic carbocycles. The highest BCUT2D eigenvalue weighted by molar-refractivity contribution is 7.95. The van der Waals surface area contributed by atoms with Gasteiger partial charge >= 0.3 is 5.97 Å². The highest BCUT2D eigenvalue weighted by Crippen LogP contribution is 2.28. The SMILES string of the molecule is CCCCCCCOc1ccc(C(=O)OSc2ccccc2Cl)cc1.F.F.F.F.F. The second-order valence-corrected chi connectivity index (χ2v) is 6.85. The van der Waals surface area contributed by atoms with E-state index >= 15 is 0 Å². The van der Waals surface area contributed by atoms with Crippen molar-refractivity contribution >= 4 is 29.6 Å². The van der Waals surface area contributed by atoms with Gasteiger partial charge in [0.05, 0.1) is 34.1 Å². The maximum atomic E-state index is 12.1. The van der Waals surface area contributed by atoms with Gasteiger partial charge in [-0.1, -0.05) is 56.3 Å². The first-order valence-corrected chi connectivity index (χ1v) is 9.69. The maximum absolute atomic E-state index is 12.1. The standard InChI is InChI=1S/C20H23ClO3S.5FH/c1-2-3-4-5-8-15-23-17-13-11-16(12-14-17)20(22)24-25-19-10-7-6-9-18(19)21;;;;;/h6-7,9-14H,2-5,8,15H2,1H3;5*1H. The number of carbonyl (C=O) groups excluding carboxylic acids is 1.